The van der Waals surface area contributed by atoms with Crippen LogP contribution in [-0.4, -0.2) is 15.0 Å². The monoisotopic (exact) mass is 374 g/mol. The highest BCUT2D eigenvalue weighted by Crippen LogP contribution is 2.24. The van der Waals surface area contributed by atoms with Crippen molar-refractivity contribution in [3.63, 3.8) is 0 Å². The molecule has 3 rings (SSSR count). The molecule has 3 heterocycles. The third-order valence-corrected chi connectivity index (χ3v) is 5.06. The fourth-order valence-corrected chi connectivity index (χ4v) is 3.43. The normalized spacial score (nSPS) is 10.7. The van der Waals surface area contributed by atoms with Crippen molar-refractivity contribution in [1.29, 1.82) is 0 Å². The largest absolute Gasteiger partial charge is 0.365 e. The van der Waals surface area contributed by atoms with E-state index in [0.29, 0.717) is 5.82 Å². The van der Waals surface area contributed by atoms with Crippen molar-refractivity contribution in [1.82, 2.24) is 15.0 Å². The molecule has 0 saturated carbocycles. The molecule has 6 heteroatoms. The molecular formula is C16H15BrN4S. The van der Waals surface area contributed by atoms with Crippen LogP contribution >= 0.6 is 27.3 Å². The van der Waals surface area contributed by atoms with Gasteiger partial charge >= 0.3 is 0 Å². The van der Waals surface area contributed by atoms with Gasteiger partial charge in [0, 0.05) is 43.9 Å². The van der Waals surface area contributed by atoms with Crippen LogP contribution in [0.5, 0.6) is 0 Å². The minimum atomic E-state index is 0.700. The molecule has 0 spiro atoms. The van der Waals surface area contributed by atoms with Crippen molar-refractivity contribution in [2.45, 2.75) is 20.4 Å². The molecule has 22 heavy (non-hydrogen) atoms. The van der Waals surface area contributed by atoms with E-state index in [-0.39, 0.29) is 0 Å². The number of rotatable bonds is 4. The number of nitrogens with zero attached hydrogens (tertiary/aromatic N) is 3. The number of pyridine rings is 1. The van der Waals surface area contributed by atoms with E-state index < -0.39 is 0 Å². The number of aromatic nitrogens is 3. The molecule has 1 N–H and O–H groups in total. The van der Waals surface area contributed by atoms with E-state index in [4.69, 9.17) is 0 Å². The molecule has 0 saturated heterocycles. The maximum atomic E-state index is 4.66. The van der Waals surface area contributed by atoms with Gasteiger partial charge in [-0.3, -0.25) is 4.98 Å². The van der Waals surface area contributed by atoms with Gasteiger partial charge in [-0.05, 0) is 48.0 Å². The lowest BCUT2D eigenvalue weighted by Crippen LogP contribution is -2.06. The number of anilines is 1. The molecule has 4 nitrogen and oxygen atoms in total. The summed E-state index contributed by atoms with van der Waals surface area (Å²) in [4.78, 5) is 14.6. The van der Waals surface area contributed by atoms with E-state index in [2.05, 4.69) is 47.6 Å². The number of halogens is 1. The van der Waals surface area contributed by atoms with Crippen LogP contribution in [-0.2, 0) is 6.54 Å². The molecular weight excluding hydrogens is 360 g/mol. The van der Waals surface area contributed by atoms with Crippen molar-refractivity contribution in [3.05, 3.63) is 56.6 Å². The van der Waals surface area contributed by atoms with E-state index in [1.54, 1.807) is 23.7 Å². The summed E-state index contributed by atoms with van der Waals surface area (Å²) in [6.07, 6.45) is 3.53. The molecule has 3 aromatic rings. The lowest BCUT2D eigenvalue weighted by atomic mass is 10.2. The standard InChI is InChI=1S/C16H15BrN4S/c1-10-11(2)20-16(12-4-3-5-18-7-12)21-15(10)19-8-14-6-13(17)9-22-14/h3-7,9H,8H2,1-2H3,(H,19,20,21). The zero-order valence-electron chi connectivity index (χ0n) is 12.3. The van der Waals surface area contributed by atoms with Crippen LogP contribution in [0, 0.1) is 13.8 Å². The highest BCUT2D eigenvalue weighted by atomic mass is 79.9. The Morgan fingerprint density at radius 1 is 1.27 bits per heavy atom. The Labute approximate surface area is 141 Å². The van der Waals surface area contributed by atoms with Gasteiger partial charge in [0.1, 0.15) is 5.82 Å². The van der Waals surface area contributed by atoms with Crippen molar-refractivity contribution in [3.8, 4) is 11.4 Å². The fourth-order valence-electron chi connectivity index (χ4n) is 2.04. The van der Waals surface area contributed by atoms with Gasteiger partial charge in [-0.15, -0.1) is 11.3 Å². The van der Waals surface area contributed by atoms with E-state index >= 15 is 0 Å². The molecule has 0 aliphatic carbocycles. The summed E-state index contributed by atoms with van der Waals surface area (Å²) in [5, 5.41) is 5.49. The molecule has 0 unspecified atom stereocenters. The summed E-state index contributed by atoms with van der Waals surface area (Å²) in [7, 11) is 0. The van der Waals surface area contributed by atoms with Crippen LogP contribution in [0.25, 0.3) is 11.4 Å². The van der Waals surface area contributed by atoms with Gasteiger partial charge in [0.15, 0.2) is 5.82 Å². The van der Waals surface area contributed by atoms with Crippen LogP contribution in [0.4, 0.5) is 5.82 Å². The molecule has 0 radical (unpaired) electrons. The summed E-state index contributed by atoms with van der Waals surface area (Å²) in [6, 6.07) is 5.98. The zero-order valence-corrected chi connectivity index (χ0v) is 14.7. The lowest BCUT2D eigenvalue weighted by Gasteiger charge is -2.11. The smallest absolute Gasteiger partial charge is 0.163 e. The number of hydrogen-bond acceptors (Lipinski definition) is 5. The SMILES string of the molecule is Cc1nc(-c2cccnc2)nc(NCc2cc(Br)cs2)c1C. The zero-order chi connectivity index (χ0) is 15.5. The molecule has 0 amide bonds. The van der Waals surface area contributed by atoms with Crippen molar-refractivity contribution < 1.29 is 0 Å². The van der Waals surface area contributed by atoms with Crippen LogP contribution in [0.1, 0.15) is 16.1 Å². The van der Waals surface area contributed by atoms with Crippen molar-refractivity contribution >= 4 is 33.1 Å². The van der Waals surface area contributed by atoms with Gasteiger partial charge in [-0.1, -0.05) is 0 Å². The minimum absolute atomic E-state index is 0.700. The van der Waals surface area contributed by atoms with Gasteiger partial charge < -0.3 is 5.32 Å². The second-order valence-corrected chi connectivity index (χ2v) is 6.84. The third kappa shape index (κ3) is 3.34. The number of hydrogen-bond donors (Lipinski definition) is 1. The topological polar surface area (TPSA) is 50.7 Å². The molecule has 0 aliphatic rings. The third-order valence-electron chi connectivity index (χ3n) is 3.36. The predicted molar refractivity (Wildman–Crippen MR) is 94.1 cm³/mol. The van der Waals surface area contributed by atoms with Gasteiger partial charge in [-0.2, -0.15) is 0 Å². The number of thiophene rings is 1. The Kier molecular flexibility index (Phi) is 4.49. The molecule has 112 valence electrons. The summed E-state index contributed by atoms with van der Waals surface area (Å²) >= 11 is 5.19. The Morgan fingerprint density at radius 2 is 2.14 bits per heavy atom. The second kappa shape index (κ2) is 6.54. The Bertz CT molecular complexity index is 786. The van der Waals surface area contributed by atoms with Gasteiger partial charge in [0.05, 0.1) is 6.54 Å². The molecule has 0 fully saturated rings. The van der Waals surface area contributed by atoms with Crippen LogP contribution < -0.4 is 5.32 Å². The highest BCUT2D eigenvalue weighted by Gasteiger charge is 2.10. The summed E-state index contributed by atoms with van der Waals surface area (Å²) in [5.41, 5.74) is 2.97. The average molecular weight is 375 g/mol. The van der Waals surface area contributed by atoms with E-state index in [1.807, 2.05) is 26.0 Å². The first kappa shape index (κ1) is 15.1. The maximum absolute atomic E-state index is 4.66. The number of aryl methyl sites for hydroxylation is 1. The quantitative estimate of drug-likeness (QED) is 0.725. The second-order valence-electron chi connectivity index (χ2n) is 4.93. The molecule has 0 aliphatic heterocycles. The lowest BCUT2D eigenvalue weighted by molar-refractivity contribution is 1.04. The maximum Gasteiger partial charge on any atom is 0.163 e. The Hall–Kier alpha value is -1.79. The average Bonchev–Trinajstić information content (AvgIpc) is 2.95. The van der Waals surface area contributed by atoms with Crippen molar-refractivity contribution in [2.75, 3.05) is 5.32 Å². The van der Waals surface area contributed by atoms with E-state index in [9.17, 15) is 0 Å². The van der Waals surface area contributed by atoms with Crippen molar-refractivity contribution in [2.24, 2.45) is 0 Å². The van der Waals surface area contributed by atoms with E-state index in [0.717, 1.165) is 33.7 Å². The minimum Gasteiger partial charge on any atom is -0.365 e. The van der Waals surface area contributed by atoms with Crippen LogP contribution in [0.15, 0.2) is 40.4 Å². The molecule has 3 aromatic heterocycles. The molecule has 0 atom stereocenters. The molecule has 0 aromatic carbocycles. The van der Waals surface area contributed by atoms with Crippen LogP contribution in [0.2, 0.25) is 0 Å². The van der Waals surface area contributed by atoms with E-state index in [1.165, 1.54) is 4.88 Å². The Balaban J connectivity index is 1.88. The highest BCUT2D eigenvalue weighted by molar-refractivity contribution is 9.10. The first-order valence-corrected chi connectivity index (χ1v) is 8.53. The Morgan fingerprint density at radius 3 is 2.82 bits per heavy atom. The first-order chi connectivity index (χ1) is 10.6. The van der Waals surface area contributed by atoms with Gasteiger partial charge in [0.25, 0.3) is 0 Å². The summed E-state index contributed by atoms with van der Waals surface area (Å²) in [6.45, 7) is 4.79. The van der Waals surface area contributed by atoms with Gasteiger partial charge in [-0.25, -0.2) is 9.97 Å². The first-order valence-electron chi connectivity index (χ1n) is 6.86. The predicted octanol–water partition coefficient (Wildman–Crippen LogP) is 4.59. The van der Waals surface area contributed by atoms with Gasteiger partial charge in [0.2, 0.25) is 0 Å². The van der Waals surface area contributed by atoms with Crippen LogP contribution in [0.3, 0.4) is 0 Å². The molecule has 0 bridgehead atoms. The summed E-state index contributed by atoms with van der Waals surface area (Å²) in [5.74, 6) is 1.57. The number of nitrogens with one attached hydrogen (secondary N) is 1. The fraction of sp³-hybridized carbons (Fsp3) is 0.188. The summed E-state index contributed by atoms with van der Waals surface area (Å²) < 4.78 is 1.11.